The lowest BCUT2D eigenvalue weighted by Crippen LogP contribution is -2.00. The Bertz CT molecular complexity index is 295. The van der Waals surface area contributed by atoms with Crippen LogP contribution < -0.4 is 0 Å². The Balaban J connectivity index is 3.07. The van der Waals surface area contributed by atoms with Gasteiger partial charge in [-0.1, -0.05) is 0 Å². The zero-order valence-electron chi connectivity index (χ0n) is 6.37. The highest BCUT2D eigenvalue weighted by Gasteiger charge is 2.06. The van der Waals surface area contributed by atoms with Crippen molar-refractivity contribution in [1.29, 1.82) is 5.26 Å². The smallest absolute Gasteiger partial charge is 0.145 e. The molecular weight excluding hydrogens is 206 g/mol. The van der Waals surface area contributed by atoms with Crippen molar-refractivity contribution in [3.05, 3.63) is 16.4 Å². The molecule has 1 rings (SSSR count). The molecule has 0 atom stereocenters. The monoisotopic (exact) mass is 213 g/mol. The molecule has 0 N–H and O–H groups in total. The number of halogens is 1. The van der Waals surface area contributed by atoms with Crippen LogP contribution in [0.1, 0.15) is 25.5 Å². The molecule has 0 aromatic carbocycles. The van der Waals surface area contributed by atoms with Crippen LogP contribution in [0.2, 0.25) is 0 Å². The minimum Gasteiger partial charge on any atom is -0.268 e. The van der Waals surface area contributed by atoms with Crippen molar-refractivity contribution >= 4 is 15.9 Å². The van der Waals surface area contributed by atoms with Gasteiger partial charge in [0.1, 0.15) is 16.2 Å². The maximum Gasteiger partial charge on any atom is 0.145 e. The molecule has 0 spiro atoms. The van der Waals surface area contributed by atoms with Gasteiger partial charge in [0.15, 0.2) is 0 Å². The van der Waals surface area contributed by atoms with Crippen LogP contribution in [-0.4, -0.2) is 9.78 Å². The fraction of sp³-hybridized carbons (Fsp3) is 0.429. The molecule has 0 bridgehead atoms. The Morgan fingerprint density at radius 3 is 2.64 bits per heavy atom. The highest BCUT2D eigenvalue weighted by molar-refractivity contribution is 9.10. The summed E-state index contributed by atoms with van der Waals surface area (Å²) in [6.45, 7) is 4.03. The Labute approximate surface area is 73.8 Å². The highest BCUT2D eigenvalue weighted by atomic mass is 79.9. The van der Waals surface area contributed by atoms with Crippen molar-refractivity contribution in [2.75, 3.05) is 0 Å². The lowest BCUT2D eigenvalue weighted by molar-refractivity contribution is 0.530. The summed E-state index contributed by atoms with van der Waals surface area (Å²) in [4.78, 5) is 0. The molecule has 0 radical (unpaired) electrons. The minimum atomic E-state index is 0.299. The van der Waals surface area contributed by atoms with E-state index in [-0.39, 0.29) is 0 Å². The normalized spacial score (nSPS) is 10.1. The van der Waals surface area contributed by atoms with Crippen LogP contribution in [0.25, 0.3) is 0 Å². The molecule has 0 amide bonds. The van der Waals surface area contributed by atoms with Crippen molar-refractivity contribution in [2.24, 2.45) is 0 Å². The summed E-state index contributed by atoms with van der Waals surface area (Å²) in [6, 6.07) is 2.34. The lowest BCUT2D eigenvalue weighted by Gasteiger charge is -2.02. The number of hydrogen-bond acceptors (Lipinski definition) is 2. The van der Waals surface area contributed by atoms with Crippen LogP contribution in [0.5, 0.6) is 0 Å². The molecule has 0 saturated carbocycles. The van der Waals surface area contributed by atoms with Crippen molar-refractivity contribution in [3.8, 4) is 6.07 Å². The van der Waals surface area contributed by atoms with Gasteiger partial charge in [0, 0.05) is 12.2 Å². The van der Waals surface area contributed by atoms with E-state index in [4.69, 9.17) is 5.26 Å². The number of nitriles is 1. The molecule has 1 aromatic heterocycles. The second-order valence-corrected chi connectivity index (χ2v) is 3.27. The zero-order valence-corrected chi connectivity index (χ0v) is 7.96. The zero-order chi connectivity index (χ0) is 8.43. The SMILES string of the molecule is CC(C)n1cc(C#N)c(Br)n1. The first-order chi connectivity index (χ1) is 5.15. The van der Waals surface area contributed by atoms with Gasteiger partial charge < -0.3 is 0 Å². The second kappa shape index (κ2) is 3.05. The Hall–Kier alpha value is -0.820. The van der Waals surface area contributed by atoms with E-state index in [1.807, 2.05) is 19.9 Å². The maximum atomic E-state index is 8.58. The molecule has 1 aromatic rings. The molecule has 0 saturated heterocycles. The fourth-order valence-electron chi connectivity index (χ4n) is 0.709. The van der Waals surface area contributed by atoms with E-state index in [9.17, 15) is 0 Å². The molecule has 11 heavy (non-hydrogen) atoms. The highest BCUT2D eigenvalue weighted by Crippen LogP contribution is 2.15. The van der Waals surface area contributed by atoms with E-state index in [1.165, 1.54) is 0 Å². The van der Waals surface area contributed by atoms with Crippen LogP contribution in [-0.2, 0) is 0 Å². The molecule has 1 heterocycles. The average Bonchev–Trinajstić information content (AvgIpc) is 2.31. The summed E-state index contributed by atoms with van der Waals surface area (Å²) in [7, 11) is 0. The van der Waals surface area contributed by atoms with Gasteiger partial charge in [0.2, 0.25) is 0 Å². The Kier molecular flexibility index (Phi) is 2.30. The molecule has 58 valence electrons. The van der Waals surface area contributed by atoms with Crippen LogP contribution in [0.4, 0.5) is 0 Å². The van der Waals surface area contributed by atoms with Crippen LogP contribution in [0.3, 0.4) is 0 Å². The molecule has 0 unspecified atom stereocenters. The largest absolute Gasteiger partial charge is 0.268 e. The fourth-order valence-corrected chi connectivity index (χ4v) is 1.08. The molecule has 4 heteroatoms. The lowest BCUT2D eigenvalue weighted by atomic mass is 10.4. The number of hydrogen-bond donors (Lipinski definition) is 0. The topological polar surface area (TPSA) is 41.6 Å². The number of aromatic nitrogens is 2. The Morgan fingerprint density at radius 1 is 1.73 bits per heavy atom. The third-order valence-electron chi connectivity index (χ3n) is 1.34. The third kappa shape index (κ3) is 1.60. The summed E-state index contributed by atoms with van der Waals surface area (Å²) < 4.78 is 2.37. The van der Waals surface area contributed by atoms with Gasteiger partial charge in [-0.15, -0.1) is 0 Å². The average molecular weight is 214 g/mol. The van der Waals surface area contributed by atoms with Crippen molar-refractivity contribution in [2.45, 2.75) is 19.9 Å². The Morgan fingerprint density at radius 2 is 2.36 bits per heavy atom. The molecular formula is C7H8BrN3. The first kappa shape index (κ1) is 8.28. The summed E-state index contributed by atoms with van der Waals surface area (Å²) >= 11 is 3.19. The van der Waals surface area contributed by atoms with Crippen LogP contribution in [0, 0.1) is 11.3 Å². The molecule has 3 nitrogen and oxygen atoms in total. The van der Waals surface area contributed by atoms with Gasteiger partial charge in [0.05, 0.1) is 0 Å². The van der Waals surface area contributed by atoms with E-state index in [0.717, 1.165) is 0 Å². The summed E-state index contributed by atoms with van der Waals surface area (Å²) in [6.07, 6.45) is 1.73. The van der Waals surface area contributed by atoms with Gasteiger partial charge in [-0.05, 0) is 29.8 Å². The van der Waals surface area contributed by atoms with Crippen molar-refractivity contribution in [3.63, 3.8) is 0 Å². The molecule has 0 aliphatic heterocycles. The molecule has 0 aliphatic carbocycles. The first-order valence-corrected chi connectivity index (χ1v) is 4.09. The molecule has 0 fully saturated rings. The van der Waals surface area contributed by atoms with E-state index in [1.54, 1.807) is 10.9 Å². The van der Waals surface area contributed by atoms with E-state index >= 15 is 0 Å². The van der Waals surface area contributed by atoms with Crippen LogP contribution >= 0.6 is 15.9 Å². The summed E-state index contributed by atoms with van der Waals surface area (Å²) in [5, 5.41) is 12.7. The van der Waals surface area contributed by atoms with Gasteiger partial charge in [-0.2, -0.15) is 10.4 Å². The summed E-state index contributed by atoms with van der Waals surface area (Å²) in [5.74, 6) is 0. The third-order valence-corrected chi connectivity index (χ3v) is 1.92. The standard InChI is InChI=1S/C7H8BrN3/c1-5(2)11-4-6(3-9)7(8)10-11/h4-5H,1-2H3. The van der Waals surface area contributed by atoms with E-state index < -0.39 is 0 Å². The number of rotatable bonds is 1. The molecule has 0 aliphatic rings. The number of nitrogens with zero attached hydrogens (tertiary/aromatic N) is 3. The van der Waals surface area contributed by atoms with E-state index in [0.29, 0.717) is 16.2 Å². The van der Waals surface area contributed by atoms with Crippen LogP contribution in [0.15, 0.2) is 10.8 Å². The van der Waals surface area contributed by atoms with Gasteiger partial charge >= 0.3 is 0 Å². The predicted molar refractivity (Wildman–Crippen MR) is 45.0 cm³/mol. The maximum absolute atomic E-state index is 8.58. The second-order valence-electron chi connectivity index (χ2n) is 2.52. The van der Waals surface area contributed by atoms with Gasteiger partial charge in [0.25, 0.3) is 0 Å². The quantitative estimate of drug-likeness (QED) is 0.718. The van der Waals surface area contributed by atoms with Crippen molar-refractivity contribution in [1.82, 2.24) is 9.78 Å². The van der Waals surface area contributed by atoms with E-state index in [2.05, 4.69) is 21.0 Å². The van der Waals surface area contributed by atoms with Gasteiger partial charge in [-0.3, -0.25) is 4.68 Å². The van der Waals surface area contributed by atoms with Crippen molar-refractivity contribution < 1.29 is 0 Å². The predicted octanol–water partition coefficient (Wildman–Crippen LogP) is 2.10. The summed E-state index contributed by atoms with van der Waals surface area (Å²) in [5.41, 5.74) is 0.582. The first-order valence-electron chi connectivity index (χ1n) is 3.30. The van der Waals surface area contributed by atoms with Gasteiger partial charge in [-0.25, -0.2) is 0 Å². The minimum absolute atomic E-state index is 0.299.